The molecule has 0 aliphatic heterocycles. The zero-order valence-corrected chi connectivity index (χ0v) is 13.6. The Bertz CT molecular complexity index is 941. The molecule has 0 unspecified atom stereocenters. The van der Waals surface area contributed by atoms with Crippen molar-refractivity contribution in [1.29, 1.82) is 0 Å². The number of hydrogen-bond donors (Lipinski definition) is 1. The molecule has 1 amide bonds. The molecule has 1 aromatic heterocycles. The van der Waals surface area contributed by atoms with Gasteiger partial charge >= 0.3 is 5.97 Å². The predicted molar refractivity (Wildman–Crippen MR) is 97.2 cm³/mol. The number of carbonyl (C=O) groups excluding carboxylic acids is 2. The van der Waals surface area contributed by atoms with Gasteiger partial charge in [0.25, 0.3) is 0 Å². The molecule has 0 atom stereocenters. The fourth-order valence-corrected chi connectivity index (χ4v) is 2.40. The molecule has 0 saturated carbocycles. The second-order valence-corrected chi connectivity index (χ2v) is 5.32. The number of benzene rings is 2. The van der Waals surface area contributed by atoms with E-state index in [0.29, 0.717) is 11.3 Å². The van der Waals surface area contributed by atoms with Gasteiger partial charge < -0.3 is 10.1 Å². The quantitative estimate of drug-likeness (QED) is 0.584. The minimum Gasteiger partial charge on any atom is -0.465 e. The lowest BCUT2D eigenvalue weighted by atomic mass is 10.1. The Morgan fingerprint density at radius 3 is 2.56 bits per heavy atom. The lowest BCUT2D eigenvalue weighted by Crippen LogP contribution is -2.08. The molecule has 25 heavy (non-hydrogen) atoms. The van der Waals surface area contributed by atoms with Crippen LogP contribution < -0.4 is 5.32 Å². The molecule has 2 aromatic carbocycles. The number of para-hydroxylation sites is 1. The first kappa shape index (κ1) is 16.4. The van der Waals surface area contributed by atoms with E-state index in [9.17, 15) is 9.59 Å². The molecule has 0 bridgehead atoms. The average Bonchev–Trinajstić information content (AvgIpc) is 2.66. The molecule has 124 valence electrons. The molecule has 5 heteroatoms. The van der Waals surface area contributed by atoms with Crippen molar-refractivity contribution in [3.63, 3.8) is 0 Å². The number of pyridine rings is 1. The van der Waals surface area contributed by atoms with E-state index in [2.05, 4.69) is 15.0 Å². The Labute approximate surface area is 145 Å². The smallest absolute Gasteiger partial charge is 0.337 e. The van der Waals surface area contributed by atoms with Crippen molar-refractivity contribution in [2.75, 3.05) is 12.4 Å². The monoisotopic (exact) mass is 332 g/mol. The van der Waals surface area contributed by atoms with E-state index < -0.39 is 5.97 Å². The number of hydrogen-bond acceptors (Lipinski definition) is 4. The number of esters is 1. The van der Waals surface area contributed by atoms with Gasteiger partial charge in [0.15, 0.2) is 0 Å². The van der Waals surface area contributed by atoms with E-state index >= 15 is 0 Å². The zero-order chi connectivity index (χ0) is 17.6. The van der Waals surface area contributed by atoms with Crippen LogP contribution in [0.1, 0.15) is 15.9 Å². The lowest BCUT2D eigenvalue weighted by molar-refractivity contribution is -0.111. The number of ether oxygens (including phenoxy) is 1. The molecular formula is C20H16N2O3. The summed E-state index contributed by atoms with van der Waals surface area (Å²) in [5.41, 5.74) is 2.67. The van der Waals surface area contributed by atoms with Crippen LogP contribution in [0, 0.1) is 0 Å². The van der Waals surface area contributed by atoms with Crippen LogP contribution in [0.4, 0.5) is 5.69 Å². The van der Waals surface area contributed by atoms with Gasteiger partial charge in [-0.15, -0.1) is 0 Å². The molecule has 3 aromatic rings. The maximum absolute atomic E-state index is 12.2. The van der Waals surface area contributed by atoms with Gasteiger partial charge in [0.2, 0.25) is 5.91 Å². The van der Waals surface area contributed by atoms with Crippen molar-refractivity contribution >= 4 is 34.5 Å². The second-order valence-electron chi connectivity index (χ2n) is 5.32. The first-order valence-corrected chi connectivity index (χ1v) is 7.68. The number of aromatic nitrogens is 1. The summed E-state index contributed by atoms with van der Waals surface area (Å²) in [5, 5.41) is 3.79. The number of anilines is 1. The van der Waals surface area contributed by atoms with Crippen LogP contribution in [0.2, 0.25) is 0 Å². The van der Waals surface area contributed by atoms with E-state index in [1.807, 2.05) is 30.3 Å². The van der Waals surface area contributed by atoms with E-state index in [0.717, 1.165) is 16.5 Å². The second kappa shape index (κ2) is 7.40. The molecule has 0 saturated heterocycles. The van der Waals surface area contributed by atoms with Crippen LogP contribution in [0.3, 0.4) is 0 Å². The van der Waals surface area contributed by atoms with Gasteiger partial charge in [0.05, 0.1) is 23.9 Å². The predicted octanol–water partition coefficient (Wildman–Crippen LogP) is 3.67. The summed E-state index contributed by atoms with van der Waals surface area (Å²) in [4.78, 5) is 27.8. The highest BCUT2D eigenvalue weighted by atomic mass is 16.5. The highest BCUT2D eigenvalue weighted by Crippen LogP contribution is 2.20. The van der Waals surface area contributed by atoms with Gasteiger partial charge in [-0.3, -0.25) is 9.78 Å². The Hall–Kier alpha value is -3.47. The Balaban J connectivity index is 1.71. The standard InChI is InChI=1S/C20H16N2O3/c1-25-20(24)16-10-7-14(8-11-16)9-12-18(23)22-17-6-2-4-15-5-3-13-21-19(15)17/h2-13H,1H3,(H,22,23)/b12-9+. The first-order valence-electron chi connectivity index (χ1n) is 7.68. The molecule has 1 N–H and O–H groups in total. The third-order valence-electron chi connectivity index (χ3n) is 3.65. The van der Waals surface area contributed by atoms with Crippen LogP contribution in [0.15, 0.2) is 66.9 Å². The number of rotatable bonds is 4. The molecule has 0 fully saturated rings. The number of amides is 1. The van der Waals surface area contributed by atoms with Crippen molar-refractivity contribution in [2.45, 2.75) is 0 Å². The van der Waals surface area contributed by atoms with Crippen molar-refractivity contribution in [2.24, 2.45) is 0 Å². The fourth-order valence-electron chi connectivity index (χ4n) is 2.40. The molecule has 0 aliphatic rings. The summed E-state index contributed by atoms with van der Waals surface area (Å²) >= 11 is 0. The Morgan fingerprint density at radius 2 is 1.80 bits per heavy atom. The number of nitrogens with one attached hydrogen (secondary N) is 1. The molecular weight excluding hydrogens is 316 g/mol. The number of methoxy groups -OCH3 is 1. The van der Waals surface area contributed by atoms with Gasteiger partial charge in [-0.25, -0.2) is 4.79 Å². The number of fused-ring (bicyclic) bond motifs is 1. The van der Waals surface area contributed by atoms with Gasteiger partial charge in [-0.2, -0.15) is 0 Å². The Kier molecular flexibility index (Phi) is 4.85. The highest BCUT2D eigenvalue weighted by Gasteiger charge is 2.05. The van der Waals surface area contributed by atoms with E-state index in [1.54, 1.807) is 36.5 Å². The van der Waals surface area contributed by atoms with Crippen molar-refractivity contribution < 1.29 is 14.3 Å². The van der Waals surface area contributed by atoms with Crippen LogP contribution in [-0.2, 0) is 9.53 Å². The summed E-state index contributed by atoms with van der Waals surface area (Å²) in [5.74, 6) is -0.646. The third kappa shape index (κ3) is 3.90. The highest BCUT2D eigenvalue weighted by molar-refractivity contribution is 6.06. The summed E-state index contributed by atoms with van der Waals surface area (Å²) in [6.07, 6.45) is 4.81. The average molecular weight is 332 g/mol. The lowest BCUT2D eigenvalue weighted by Gasteiger charge is -2.05. The SMILES string of the molecule is COC(=O)c1ccc(/C=C/C(=O)Nc2cccc3cccnc23)cc1. The summed E-state index contributed by atoms with van der Waals surface area (Å²) in [7, 11) is 1.34. The topological polar surface area (TPSA) is 68.3 Å². The first-order chi connectivity index (χ1) is 12.2. The minimum atomic E-state index is -0.392. The van der Waals surface area contributed by atoms with Crippen molar-refractivity contribution in [1.82, 2.24) is 4.98 Å². The number of nitrogens with zero attached hydrogens (tertiary/aromatic N) is 1. The van der Waals surface area contributed by atoms with Crippen LogP contribution in [0.25, 0.3) is 17.0 Å². The van der Waals surface area contributed by atoms with Gasteiger partial charge in [-0.1, -0.05) is 30.3 Å². The van der Waals surface area contributed by atoms with Crippen LogP contribution in [0.5, 0.6) is 0 Å². The van der Waals surface area contributed by atoms with E-state index in [4.69, 9.17) is 0 Å². The van der Waals surface area contributed by atoms with Gasteiger partial charge in [0, 0.05) is 17.7 Å². The summed E-state index contributed by atoms with van der Waals surface area (Å²) in [6.45, 7) is 0. The minimum absolute atomic E-state index is 0.254. The maximum atomic E-state index is 12.2. The maximum Gasteiger partial charge on any atom is 0.337 e. The van der Waals surface area contributed by atoms with Gasteiger partial charge in [0.1, 0.15) is 0 Å². The summed E-state index contributed by atoms with van der Waals surface area (Å²) < 4.78 is 4.65. The van der Waals surface area contributed by atoms with Gasteiger partial charge in [-0.05, 0) is 35.9 Å². The third-order valence-corrected chi connectivity index (χ3v) is 3.65. The Morgan fingerprint density at radius 1 is 1.04 bits per heavy atom. The van der Waals surface area contributed by atoms with E-state index in [1.165, 1.54) is 13.2 Å². The molecule has 0 aliphatic carbocycles. The molecule has 1 heterocycles. The molecule has 0 spiro atoms. The van der Waals surface area contributed by atoms with E-state index in [-0.39, 0.29) is 5.91 Å². The molecule has 3 rings (SSSR count). The largest absolute Gasteiger partial charge is 0.465 e. The van der Waals surface area contributed by atoms with Crippen molar-refractivity contribution in [3.05, 3.63) is 78.0 Å². The van der Waals surface area contributed by atoms with Crippen LogP contribution in [-0.4, -0.2) is 24.0 Å². The summed E-state index contributed by atoms with van der Waals surface area (Å²) in [6, 6.07) is 16.2. The normalized spacial score (nSPS) is 10.8. The fraction of sp³-hybridized carbons (Fsp3) is 0.0500. The van der Waals surface area contributed by atoms with Crippen molar-refractivity contribution in [3.8, 4) is 0 Å². The number of carbonyl (C=O) groups is 2. The van der Waals surface area contributed by atoms with Crippen LogP contribution >= 0.6 is 0 Å². The molecule has 0 radical (unpaired) electrons. The zero-order valence-electron chi connectivity index (χ0n) is 13.6. The molecule has 5 nitrogen and oxygen atoms in total.